The molecule has 9 nitrogen and oxygen atoms in total. The van der Waals surface area contributed by atoms with E-state index in [1.807, 2.05) is 6.07 Å². The summed E-state index contributed by atoms with van der Waals surface area (Å²) in [5.41, 5.74) is 1.94. The maximum Gasteiger partial charge on any atom is 0.316 e. The minimum Gasteiger partial charge on any atom is -0.497 e. The third-order valence-electron chi connectivity index (χ3n) is 5.24. The van der Waals surface area contributed by atoms with Gasteiger partial charge in [-0.1, -0.05) is 0 Å². The predicted octanol–water partition coefficient (Wildman–Crippen LogP) is 2.48. The van der Waals surface area contributed by atoms with Crippen molar-refractivity contribution in [3.8, 4) is 11.8 Å². The molecule has 4 rings (SSSR count). The summed E-state index contributed by atoms with van der Waals surface area (Å²) < 4.78 is 10.4. The van der Waals surface area contributed by atoms with E-state index in [1.165, 1.54) is 7.11 Å². The monoisotopic (exact) mass is 422 g/mol. The lowest BCUT2D eigenvalue weighted by Gasteiger charge is -2.38. The number of carbonyl (C=O) groups excluding carboxylic acids is 1. The zero-order valence-corrected chi connectivity index (χ0v) is 18.0. The van der Waals surface area contributed by atoms with Crippen LogP contribution < -0.4 is 25.0 Å². The molecule has 0 radical (unpaired) electrons. The average Bonchev–Trinajstić information content (AvgIpc) is 2.77. The van der Waals surface area contributed by atoms with E-state index in [0.29, 0.717) is 34.7 Å². The van der Waals surface area contributed by atoms with Gasteiger partial charge in [0.1, 0.15) is 11.6 Å². The van der Waals surface area contributed by atoms with Crippen molar-refractivity contribution in [1.82, 2.24) is 20.3 Å². The average molecular weight is 422 g/mol. The van der Waals surface area contributed by atoms with Gasteiger partial charge in [-0.3, -0.25) is 4.79 Å². The first-order valence-corrected chi connectivity index (χ1v) is 10.1. The smallest absolute Gasteiger partial charge is 0.316 e. The van der Waals surface area contributed by atoms with Crippen molar-refractivity contribution in [2.45, 2.75) is 25.9 Å². The van der Waals surface area contributed by atoms with Crippen LogP contribution in [0.5, 0.6) is 11.8 Å². The van der Waals surface area contributed by atoms with Crippen molar-refractivity contribution in [3.05, 3.63) is 42.2 Å². The Balaban J connectivity index is 1.74. The Morgan fingerprint density at radius 2 is 1.90 bits per heavy atom. The summed E-state index contributed by atoms with van der Waals surface area (Å²) in [4.78, 5) is 28.4. The molecule has 1 fully saturated rings. The van der Waals surface area contributed by atoms with Crippen LogP contribution in [0.4, 0.5) is 11.5 Å². The largest absolute Gasteiger partial charge is 0.497 e. The topological polar surface area (TPSA) is 102 Å². The van der Waals surface area contributed by atoms with E-state index >= 15 is 0 Å². The molecule has 1 saturated heterocycles. The molecule has 0 aliphatic carbocycles. The number of fused-ring (bicyclic) bond motifs is 1. The van der Waals surface area contributed by atoms with Gasteiger partial charge in [-0.15, -0.1) is 0 Å². The third-order valence-corrected chi connectivity index (χ3v) is 5.24. The summed E-state index contributed by atoms with van der Waals surface area (Å²) in [7, 11) is 3.07. The molecule has 1 aliphatic rings. The van der Waals surface area contributed by atoms with Crippen molar-refractivity contribution < 1.29 is 14.3 Å². The zero-order valence-electron chi connectivity index (χ0n) is 18.0. The normalized spacial score (nSPS) is 18.6. The number of hydrogen-bond donors (Lipinski definition) is 2. The lowest BCUT2D eigenvalue weighted by molar-refractivity contribution is 0.102. The number of nitrogens with zero attached hydrogens (tertiary/aromatic N) is 4. The van der Waals surface area contributed by atoms with Gasteiger partial charge in [0.05, 0.1) is 25.3 Å². The second-order valence-electron chi connectivity index (χ2n) is 7.66. The molecular formula is C22H26N6O3. The minimum atomic E-state index is -0.319. The first-order valence-electron chi connectivity index (χ1n) is 10.1. The lowest BCUT2D eigenvalue weighted by atomic mass is 10.0. The van der Waals surface area contributed by atoms with Crippen LogP contribution >= 0.6 is 0 Å². The molecule has 3 heterocycles. The van der Waals surface area contributed by atoms with Crippen LogP contribution in [0.3, 0.4) is 0 Å². The number of methoxy groups -OCH3 is 2. The molecular weight excluding hydrogens is 396 g/mol. The molecule has 1 aromatic carbocycles. The SMILES string of the molecule is COc1ccnc(NC(=O)c2ccc(N3C[C@H](C)N[C@@H](C)C3)c3cnc(OC)nc23)c1. The van der Waals surface area contributed by atoms with Crippen LogP contribution in [0.2, 0.25) is 0 Å². The van der Waals surface area contributed by atoms with Gasteiger partial charge in [-0.25, -0.2) is 9.97 Å². The Morgan fingerprint density at radius 3 is 2.61 bits per heavy atom. The number of pyridine rings is 1. The number of anilines is 2. The highest BCUT2D eigenvalue weighted by Crippen LogP contribution is 2.31. The second-order valence-corrected chi connectivity index (χ2v) is 7.66. The number of ether oxygens (including phenoxy) is 2. The predicted molar refractivity (Wildman–Crippen MR) is 119 cm³/mol. The summed E-state index contributed by atoms with van der Waals surface area (Å²) in [6.45, 7) is 6.02. The van der Waals surface area contributed by atoms with Crippen molar-refractivity contribution >= 4 is 28.3 Å². The van der Waals surface area contributed by atoms with Crippen LogP contribution in [0, 0.1) is 0 Å². The molecule has 1 amide bonds. The van der Waals surface area contributed by atoms with Crippen LogP contribution in [0.25, 0.3) is 10.9 Å². The Bertz CT molecular complexity index is 1100. The van der Waals surface area contributed by atoms with E-state index in [9.17, 15) is 4.79 Å². The van der Waals surface area contributed by atoms with Gasteiger partial charge < -0.3 is 25.0 Å². The number of piperazine rings is 1. The van der Waals surface area contributed by atoms with E-state index in [1.54, 1.807) is 37.7 Å². The van der Waals surface area contributed by atoms with E-state index in [4.69, 9.17) is 9.47 Å². The highest BCUT2D eigenvalue weighted by Gasteiger charge is 2.24. The Labute approximate surface area is 180 Å². The van der Waals surface area contributed by atoms with Gasteiger partial charge in [0, 0.05) is 54.7 Å². The molecule has 2 N–H and O–H groups in total. The molecule has 162 valence electrons. The van der Waals surface area contributed by atoms with Crippen molar-refractivity contribution in [3.63, 3.8) is 0 Å². The Kier molecular flexibility index (Phi) is 5.85. The molecule has 31 heavy (non-hydrogen) atoms. The number of rotatable bonds is 5. The maximum absolute atomic E-state index is 13.1. The first kappa shape index (κ1) is 20.8. The number of carbonyl (C=O) groups is 1. The molecule has 0 unspecified atom stereocenters. The second kappa shape index (κ2) is 8.73. The summed E-state index contributed by atoms with van der Waals surface area (Å²) in [5.74, 6) is 0.684. The van der Waals surface area contributed by atoms with E-state index in [-0.39, 0.29) is 11.9 Å². The first-order chi connectivity index (χ1) is 15.0. The molecule has 0 spiro atoms. The fourth-order valence-corrected chi connectivity index (χ4v) is 3.96. The fourth-order valence-electron chi connectivity index (χ4n) is 3.96. The minimum absolute atomic E-state index is 0.209. The molecule has 0 saturated carbocycles. The number of benzene rings is 1. The highest BCUT2D eigenvalue weighted by atomic mass is 16.5. The van der Waals surface area contributed by atoms with Gasteiger partial charge in [0.2, 0.25) is 0 Å². The summed E-state index contributed by atoms with van der Waals surface area (Å²) in [6, 6.07) is 8.02. The molecule has 2 atom stereocenters. The van der Waals surface area contributed by atoms with Gasteiger partial charge >= 0.3 is 6.01 Å². The molecule has 9 heteroatoms. The van der Waals surface area contributed by atoms with Crippen molar-refractivity contribution in [2.75, 3.05) is 37.5 Å². The molecule has 3 aromatic rings. The Hall–Kier alpha value is -3.46. The lowest BCUT2D eigenvalue weighted by Crippen LogP contribution is -2.54. The summed E-state index contributed by atoms with van der Waals surface area (Å²) in [5, 5.41) is 7.16. The van der Waals surface area contributed by atoms with Crippen LogP contribution in [0.15, 0.2) is 36.7 Å². The van der Waals surface area contributed by atoms with Gasteiger partial charge in [0.25, 0.3) is 5.91 Å². The fraction of sp³-hybridized carbons (Fsp3) is 0.364. The van der Waals surface area contributed by atoms with Crippen LogP contribution in [0.1, 0.15) is 24.2 Å². The highest BCUT2D eigenvalue weighted by molar-refractivity contribution is 6.13. The quantitative estimate of drug-likeness (QED) is 0.647. The molecule has 1 aliphatic heterocycles. The van der Waals surface area contributed by atoms with Gasteiger partial charge in [-0.05, 0) is 32.0 Å². The standard InChI is InChI=1S/C22H26N6O3/c1-13-11-28(12-14(2)25-13)18-6-5-16(20-17(18)10-24-22(27-20)31-4)21(29)26-19-9-15(30-3)7-8-23-19/h5-10,13-14,25H,11-12H2,1-4H3,(H,23,26,29)/t13-,14-/m0/s1. The summed E-state index contributed by atoms with van der Waals surface area (Å²) >= 11 is 0. The number of amides is 1. The van der Waals surface area contributed by atoms with E-state index in [0.717, 1.165) is 24.2 Å². The summed E-state index contributed by atoms with van der Waals surface area (Å²) in [6.07, 6.45) is 3.29. The molecule has 0 bridgehead atoms. The van der Waals surface area contributed by atoms with Crippen LogP contribution in [-0.4, -0.2) is 60.3 Å². The Morgan fingerprint density at radius 1 is 1.13 bits per heavy atom. The molecule has 2 aromatic heterocycles. The van der Waals surface area contributed by atoms with Crippen LogP contribution in [-0.2, 0) is 0 Å². The number of nitrogens with one attached hydrogen (secondary N) is 2. The number of hydrogen-bond acceptors (Lipinski definition) is 8. The van der Waals surface area contributed by atoms with Gasteiger partial charge in [0.15, 0.2) is 0 Å². The van der Waals surface area contributed by atoms with Crippen molar-refractivity contribution in [2.24, 2.45) is 0 Å². The zero-order chi connectivity index (χ0) is 22.0. The number of aromatic nitrogens is 3. The van der Waals surface area contributed by atoms with E-state index in [2.05, 4.69) is 44.3 Å². The van der Waals surface area contributed by atoms with Gasteiger partial charge in [-0.2, -0.15) is 4.98 Å². The van der Waals surface area contributed by atoms with E-state index < -0.39 is 0 Å². The third kappa shape index (κ3) is 4.36. The van der Waals surface area contributed by atoms with Crippen molar-refractivity contribution in [1.29, 1.82) is 0 Å². The maximum atomic E-state index is 13.1.